The number of hydrogen-bond donors (Lipinski definition) is 1. The number of piperidine rings is 1. The second kappa shape index (κ2) is 5.10. The maximum absolute atomic E-state index is 5.27. The maximum Gasteiger partial charge on any atom is 0.195 e. The molecule has 1 unspecified atom stereocenters. The quantitative estimate of drug-likeness (QED) is 0.821. The lowest BCUT2D eigenvalue weighted by Gasteiger charge is -2.32. The minimum absolute atomic E-state index is 0.614. The molecule has 1 aliphatic rings. The smallest absolute Gasteiger partial charge is 0.195 e. The van der Waals surface area contributed by atoms with E-state index in [4.69, 9.17) is 12.2 Å². The van der Waals surface area contributed by atoms with E-state index in [1.165, 1.54) is 25.8 Å². The number of aryl methyl sites for hydroxylation is 1. The fraction of sp³-hybridized carbons (Fsp3) is 0.818. The number of aromatic amines is 1. The topological polar surface area (TPSA) is 36.9 Å². The third-order valence-electron chi connectivity index (χ3n) is 3.47. The Morgan fingerprint density at radius 1 is 1.50 bits per heavy atom. The van der Waals surface area contributed by atoms with Gasteiger partial charge < -0.3 is 9.47 Å². The molecule has 0 aliphatic carbocycles. The van der Waals surface area contributed by atoms with Crippen molar-refractivity contribution in [3.05, 3.63) is 10.6 Å². The predicted octanol–water partition coefficient (Wildman–Crippen LogP) is 1.99. The Kier molecular flexibility index (Phi) is 3.76. The SMILES string of the molecule is CCc1n[nH]c(=S)n1CC1CCCCN1C. The van der Waals surface area contributed by atoms with E-state index in [0.29, 0.717) is 6.04 Å². The van der Waals surface area contributed by atoms with Crippen molar-refractivity contribution in [2.45, 2.75) is 45.2 Å². The summed E-state index contributed by atoms with van der Waals surface area (Å²) in [4.78, 5) is 2.44. The Bertz CT molecular complexity index is 395. The standard InChI is InChI=1S/C11H20N4S/c1-3-10-12-13-11(16)15(10)8-9-6-4-5-7-14(9)2/h9H,3-8H2,1-2H3,(H,13,16). The largest absolute Gasteiger partial charge is 0.303 e. The molecule has 4 nitrogen and oxygen atoms in total. The lowest BCUT2D eigenvalue weighted by molar-refractivity contribution is 0.166. The van der Waals surface area contributed by atoms with E-state index in [2.05, 4.69) is 33.6 Å². The molecule has 2 rings (SSSR count). The first-order valence-corrected chi connectivity index (χ1v) is 6.47. The van der Waals surface area contributed by atoms with Crippen LogP contribution in [0.4, 0.5) is 0 Å². The molecule has 0 saturated carbocycles. The molecule has 0 aromatic carbocycles. The number of hydrogen-bond acceptors (Lipinski definition) is 3. The van der Waals surface area contributed by atoms with Gasteiger partial charge in [-0.25, -0.2) is 0 Å². The number of aromatic nitrogens is 3. The summed E-state index contributed by atoms with van der Waals surface area (Å²) in [6.45, 7) is 4.30. The number of H-pyrrole nitrogens is 1. The Hall–Kier alpha value is -0.680. The van der Waals surface area contributed by atoms with E-state index in [-0.39, 0.29) is 0 Å². The summed E-state index contributed by atoms with van der Waals surface area (Å²) in [5, 5.41) is 7.14. The third-order valence-corrected chi connectivity index (χ3v) is 3.78. The van der Waals surface area contributed by atoms with Crippen molar-refractivity contribution in [1.82, 2.24) is 19.7 Å². The summed E-state index contributed by atoms with van der Waals surface area (Å²) in [6, 6.07) is 0.614. The van der Waals surface area contributed by atoms with Crippen molar-refractivity contribution in [2.75, 3.05) is 13.6 Å². The summed E-state index contributed by atoms with van der Waals surface area (Å²) in [7, 11) is 2.21. The highest BCUT2D eigenvalue weighted by molar-refractivity contribution is 7.71. The highest BCUT2D eigenvalue weighted by Gasteiger charge is 2.20. The minimum atomic E-state index is 0.614. The van der Waals surface area contributed by atoms with Crippen LogP contribution in [0.5, 0.6) is 0 Å². The van der Waals surface area contributed by atoms with Crippen LogP contribution in [0.2, 0.25) is 0 Å². The number of rotatable bonds is 3. The predicted molar refractivity (Wildman–Crippen MR) is 67.1 cm³/mol. The van der Waals surface area contributed by atoms with Crippen LogP contribution in [-0.4, -0.2) is 39.3 Å². The highest BCUT2D eigenvalue weighted by atomic mass is 32.1. The van der Waals surface area contributed by atoms with Crippen molar-refractivity contribution in [3.8, 4) is 0 Å². The molecule has 16 heavy (non-hydrogen) atoms. The molecule has 2 heterocycles. The monoisotopic (exact) mass is 240 g/mol. The Labute approximate surface area is 102 Å². The zero-order valence-electron chi connectivity index (χ0n) is 10.1. The van der Waals surface area contributed by atoms with Gasteiger partial charge >= 0.3 is 0 Å². The van der Waals surface area contributed by atoms with E-state index in [1.54, 1.807) is 0 Å². The minimum Gasteiger partial charge on any atom is -0.303 e. The molecule has 0 bridgehead atoms. The molecule has 1 N–H and O–H groups in total. The molecule has 0 spiro atoms. The molecule has 1 aromatic heterocycles. The molecule has 1 fully saturated rings. The van der Waals surface area contributed by atoms with Gasteiger partial charge in [-0.05, 0) is 38.7 Å². The average Bonchev–Trinajstić information content (AvgIpc) is 2.63. The number of likely N-dealkylation sites (N-methyl/N-ethyl adjacent to an activating group) is 1. The number of nitrogens with one attached hydrogen (secondary N) is 1. The van der Waals surface area contributed by atoms with Gasteiger partial charge in [0, 0.05) is 19.0 Å². The first-order chi connectivity index (χ1) is 7.72. The maximum atomic E-state index is 5.27. The van der Waals surface area contributed by atoms with Gasteiger partial charge in [-0.15, -0.1) is 0 Å². The first kappa shape index (κ1) is 11.8. The fourth-order valence-corrected chi connectivity index (χ4v) is 2.62. The second-order valence-corrected chi connectivity index (χ2v) is 4.93. The Morgan fingerprint density at radius 3 is 3.00 bits per heavy atom. The van der Waals surface area contributed by atoms with Crippen LogP contribution in [0.25, 0.3) is 0 Å². The van der Waals surface area contributed by atoms with Crippen molar-refractivity contribution in [1.29, 1.82) is 0 Å². The van der Waals surface area contributed by atoms with Gasteiger partial charge in [0.25, 0.3) is 0 Å². The lowest BCUT2D eigenvalue weighted by Crippen LogP contribution is -2.39. The van der Waals surface area contributed by atoms with Gasteiger partial charge in [-0.2, -0.15) is 5.10 Å². The van der Waals surface area contributed by atoms with Gasteiger partial charge in [0.05, 0.1) is 0 Å². The lowest BCUT2D eigenvalue weighted by atomic mass is 10.0. The van der Waals surface area contributed by atoms with Crippen LogP contribution in [0.1, 0.15) is 32.0 Å². The van der Waals surface area contributed by atoms with Gasteiger partial charge in [0.1, 0.15) is 5.82 Å². The molecule has 5 heteroatoms. The number of likely N-dealkylation sites (tertiary alicyclic amines) is 1. The van der Waals surface area contributed by atoms with Crippen LogP contribution in [0.3, 0.4) is 0 Å². The van der Waals surface area contributed by atoms with Crippen molar-refractivity contribution in [3.63, 3.8) is 0 Å². The van der Waals surface area contributed by atoms with E-state index in [1.807, 2.05) is 0 Å². The normalized spacial score (nSPS) is 22.5. The van der Waals surface area contributed by atoms with E-state index in [9.17, 15) is 0 Å². The van der Waals surface area contributed by atoms with Crippen LogP contribution in [0.15, 0.2) is 0 Å². The van der Waals surface area contributed by atoms with Crippen LogP contribution < -0.4 is 0 Å². The molecule has 1 saturated heterocycles. The fourth-order valence-electron chi connectivity index (χ4n) is 2.39. The molecule has 0 amide bonds. The average molecular weight is 240 g/mol. The van der Waals surface area contributed by atoms with Crippen LogP contribution >= 0.6 is 12.2 Å². The first-order valence-electron chi connectivity index (χ1n) is 6.06. The van der Waals surface area contributed by atoms with Gasteiger partial charge in [0.15, 0.2) is 4.77 Å². The molecular formula is C11H20N4S. The summed E-state index contributed by atoms with van der Waals surface area (Å²) in [5.41, 5.74) is 0. The van der Waals surface area contributed by atoms with Crippen molar-refractivity contribution < 1.29 is 0 Å². The highest BCUT2D eigenvalue weighted by Crippen LogP contribution is 2.17. The van der Waals surface area contributed by atoms with Gasteiger partial charge in [-0.1, -0.05) is 13.3 Å². The summed E-state index contributed by atoms with van der Waals surface area (Å²) < 4.78 is 2.91. The van der Waals surface area contributed by atoms with Crippen molar-refractivity contribution >= 4 is 12.2 Å². The Balaban J connectivity index is 2.13. The molecule has 1 atom stereocenters. The van der Waals surface area contributed by atoms with Crippen LogP contribution in [-0.2, 0) is 13.0 Å². The van der Waals surface area contributed by atoms with E-state index < -0.39 is 0 Å². The zero-order valence-corrected chi connectivity index (χ0v) is 10.9. The molecule has 0 radical (unpaired) electrons. The molecule has 1 aromatic rings. The molecule has 90 valence electrons. The summed E-state index contributed by atoms with van der Waals surface area (Å²) in [6.07, 6.45) is 4.86. The van der Waals surface area contributed by atoms with Crippen LogP contribution in [0, 0.1) is 4.77 Å². The zero-order chi connectivity index (χ0) is 11.5. The van der Waals surface area contributed by atoms with Crippen molar-refractivity contribution in [2.24, 2.45) is 0 Å². The summed E-state index contributed by atoms with van der Waals surface area (Å²) >= 11 is 5.27. The van der Waals surface area contributed by atoms with E-state index in [0.717, 1.165) is 23.6 Å². The number of nitrogens with zero attached hydrogens (tertiary/aromatic N) is 3. The summed E-state index contributed by atoms with van der Waals surface area (Å²) in [5.74, 6) is 1.07. The van der Waals surface area contributed by atoms with Gasteiger partial charge in [-0.3, -0.25) is 5.10 Å². The van der Waals surface area contributed by atoms with E-state index >= 15 is 0 Å². The molecule has 1 aliphatic heterocycles. The third kappa shape index (κ3) is 2.35. The van der Waals surface area contributed by atoms with Gasteiger partial charge in [0.2, 0.25) is 0 Å². The second-order valence-electron chi connectivity index (χ2n) is 4.54. The molecular weight excluding hydrogens is 220 g/mol. The Morgan fingerprint density at radius 2 is 2.31 bits per heavy atom.